The minimum absolute atomic E-state index is 0.0594. The van der Waals surface area contributed by atoms with E-state index in [2.05, 4.69) is 4.90 Å². The number of hydrogen-bond acceptors (Lipinski definition) is 4. The van der Waals surface area contributed by atoms with E-state index in [-0.39, 0.29) is 5.78 Å². The lowest BCUT2D eigenvalue weighted by Gasteiger charge is -2.27. The lowest BCUT2D eigenvalue weighted by Crippen LogP contribution is -2.35. The first-order valence-corrected chi connectivity index (χ1v) is 8.99. The smallest absolute Gasteiger partial charge is 0.185 e. The fourth-order valence-electron chi connectivity index (χ4n) is 2.93. The van der Waals surface area contributed by atoms with Crippen LogP contribution in [-0.4, -0.2) is 44.1 Å². The zero-order valence-electron chi connectivity index (χ0n) is 14.8. The van der Waals surface area contributed by atoms with Crippen molar-refractivity contribution in [3.63, 3.8) is 0 Å². The van der Waals surface area contributed by atoms with Gasteiger partial charge in [0.25, 0.3) is 0 Å². The molecule has 1 heterocycles. The fraction of sp³-hybridized carbons (Fsp3) is 0.286. The van der Waals surface area contributed by atoms with Crippen LogP contribution >= 0.6 is 11.6 Å². The van der Waals surface area contributed by atoms with Crippen LogP contribution in [0.15, 0.2) is 48.5 Å². The summed E-state index contributed by atoms with van der Waals surface area (Å²) < 4.78 is 10.9. The molecule has 5 heteroatoms. The first-order chi connectivity index (χ1) is 12.7. The molecule has 0 aliphatic carbocycles. The molecular weight excluding hydrogens is 350 g/mol. The molecule has 0 atom stereocenters. The lowest BCUT2D eigenvalue weighted by atomic mass is 10.0. The Hall–Kier alpha value is -2.14. The van der Waals surface area contributed by atoms with Gasteiger partial charge >= 0.3 is 0 Å². The summed E-state index contributed by atoms with van der Waals surface area (Å²) in [4.78, 5) is 14.9. The molecule has 4 nitrogen and oxygen atoms in total. The molecule has 1 aliphatic rings. The molecule has 1 fully saturated rings. The highest BCUT2D eigenvalue weighted by Gasteiger charge is 2.15. The lowest BCUT2D eigenvalue weighted by molar-refractivity contribution is 0.0338. The Kier molecular flexibility index (Phi) is 6.45. The number of ether oxygens (including phenoxy) is 2. The van der Waals surface area contributed by atoms with Crippen molar-refractivity contribution in [3.8, 4) is 5.75 Å². The van der Waals surface area contributed by atoms with Crippen LogP contribution in [0.4, 0.5) is 0 Å². The predicted octanol–water partition coefficient (Wildman–Crippen LogP) is 4.08. The van der Waals surface area contributed by atoms with Gasteiger partial charge in [0, 0.05) is 35.8 Å². The van der Waals surface area contributed by atoms with Gasteiger partial charge in [-0.05, 0) is 42.0 Å². The number of carbonyl (C=O) groups is 1. The zero-order chi connectivity index (χ0) is 18.4. The predicted molar refractivity (Wildman–Crippen MR) is 104 cm³/mol. The molecule has 0 radical (unpaired) electrons. The maximum atomic E-state index is 12.6. The Morgan fingerprint density at radius 3 is 2.73 bits per heavy atom. The molecule has 0 amide bonds. The van der Waals surface area contributed by atoms with E-state index >= 15 is 0 Å². The van der Waals surface area contributed by atoms with E-state index in [4.69, 9.17) is 21.1 Å². The van der Waals surface area contributed by atoms with E-state index in [0.29, 0.717) is 10.6 Å². The molecule has 0 spiro atoms. The van der Waals surface area contributed by atoms with E-state index in [1.165, 1.54) is 0 Å². The summed E-state index contributed by atoms with van der Waals surface area (Å²) in [5.41, 5.74) is 2.47. The molecule has 0 saturated carbocycles. The molecule has 0 unspecified atom stereocenters. The van der Waals surface area contributed by atoms with Crippen LogP contribution in [0.1, 0.15) is 21.5 Å². The third-order valence-electron chi connectivity index (χ3n) is 4.38. The first kappa shape index (κ1) is 18.6. The van der Waals surface area contributed by atoms with Gasteiger partial charge in [-0.1, -0.05) is 29.8 Å². The van der Waals surface area contributed by atoms with E-state index in [1.807, 2.05) is 30.3 Å². The molecule has 2 aromatic carbocycles. The maximum Gasteiger partial charge on any atom is 0.185 e. The monoisotopic (exact) mass is 371 g/mol. The Morgan fingerprint density at radius 1 is 1.23 bits per heavy atom. The van der Waals surface area contributed by atoms with Crippen LogP contribution in [-0.2, 0) is 11.3 Å². The van der Waals surface area contributed by atoms with Crippen LogP contribution in [0.5, 0.6) is 5.75 Å². The van der Waals surface area contributed by atoms with Crippen molar-refractivity contribution in [1.82, 2.24) is 4.90 Å². The van der Waals surface area contributed by atoms with Gasteiger partial charge in [-0.3, -0.25) is 9.69 Å². The van der Waals surface area contributed by atoms with Crippen LogP contribution in [0.25, 0.3) is 6.08 Å². The molecule has 3 rings (SSSR count). The third-order valence-corrected chi connectivity index (χ3v) is 4.73. The second-order valence-electron chi connectivity index (χ2n) is 6.13. The summed E-state index contributed by atoms with van der Waals surface area (Å²) in [5, 5.41) is 0.624. The number of hydrogen-bond donors (Lipinski definition) is 0. The molecule has 1 saturated heterocycles. The van der Waals surface area contributed by atoms with E-state index in [9.17, 15) is 4.79 Å². The van der Waals surface area contributed by atoms with Gasteiger partial charge in [0.05, 0.1) is 20.3 Å². The van der Waals surface area contributed by atoms with Gasteiger partial charge in [0.1, 0.15) is 5.75 Å². The summed E-state index contributed by atoms with van der Waals surface area (Å²) in [5.74, 6) is 0.735. The number of carbonyl (C=O) groups excluding carboxylic acids is 1. The van der Waals surface area contributed by atoms with Gasteiger partial charge in [0.15, 0.2) is 5.78 Å². The standard InChI is InChI=1S/C21H22ClNO3/c1-25-21-9-7-17(14-18(21)15-23-10-12-26-13-11-23)20(24)8-6-16-4-2-3-5-19(16)22/h2-9,14H,10-13,15H2,1H3/b8-6+. The summed E-state index contributed by atoms with van der Waals surface area (Å²) in [6.45, 7) is 3.98. The van der Waals surface area contributed by atoms with Gasteiger partial charge < -0.3 is 9.47 Å². The van der Waals surface area contributed by atoms with E-state index < -0.39 is 0 Å². The quantitative estimate of drug-likeness (QED) is 0.566. The number of morpholine rings is 1. The minimum Gasteiger partial charge on any atom is -0.496 e. The normalized spacial score (nSPS) is 15.3. The summed E-state index contributed by atoms with van der Waals surface area (Å²) in [7, 11) is 1.65. The minimum atomic E-state index is -0.0594. The maximum absolute atomic E-state index is 12.6. The Bertz CT molecular complexity index is 798. The highest BCUT2D eigenvalue weighted by atomic mass is 35.5. The summed E-state index contributed by atoms with van der Waals surface area (Å²) in [6.07, 6.45) is 3.30. The van der Waals surface area contributed by atoms with E-state index in [1.54, 1.807) is 31.4 Å². The van der Waals surface area contributed by atoms with Crippen LogP contribution in [0.2, 0.25) is 5.02 Å². The van der Waals surface area contributed by atoms with Gasteiger partial charge in [-0.15, -0.1) is 0 Å². The van der Waals surface area contributed by atoms with Gasteiger partial charge in [-0.25, -0.2) is 0 Å². The first-order valence-electron chi connectivity index (χ1n) is 8.61. The van der Waals surface area contributed by atoms with Gasteiger partial charge in [-0.2, -0.15) is 0 Å². The average molecular weight is 372 g/mol. The number of methoxy groups -OCH3 is 1. The number of benzene rings is 2. The van der Waals surface area contributed by atoms with Gasteiger partial charge in [0.2, 0.25) is 0 Å². The molecule has 2 aromatic rings. The number of ketones is 1. The average Bonchev–Trinajstić information content (AvgIpc) is 2.68. The molecule has 136 valence electrons. The van der Waals surface area contributed by atoms with Crippen molar-refractivity contribution >= 4 is 23.5 Å². The molecule has 1 aliphatic heterocycles. The Morgan fingerprint density at radius 2 is 2.00 bits per heavy atom. The number of halogens is 1. The van der Waals surface area contributed by atoms with Crippen molar-refractivity contribution in [2.24, 2.45) is 0 Å². The summed E-state index contributed by atoms with van der Waals surface area (Å²) in [6, 6.07) is 13.0. The number of allylic oxidation sites excluding steroid dienone is 1. The van der Waals surface area contributed by atoms with Crippen LogP contribution in [0, 0.1) is 0 Å². The van der Waals surface area contributed by atoms with Crippen molar-refractivity contribution in [2.75, 3.05) is 33.4 Å². The SMILES string of the molecule is COc1ccc(C(=O)/C=C/c2ccccc2Cl)cc1CN1CCOCC1. The molecule has 26 heavy (non-hydrogen) atoms. The largest absolute Gasteiger partial charge is 0.496 e. The summed E-state index contributed by atoms with van der Waals surface area (Å²) >= 11 is 6.13. The van der Waals surface area contributed by atoms with Crippen molar-refractivity contribution in [1.29, 1.82) is 0 Å². The second-order valence-corrected chi connectivity index (χ2v) is 6.54. The highest BCUT2D eigenvalue weighted by molar-refractivity contribution is 6.32. The Labute approximate surface area is 159 Å². The Balaban J connectivity index is 1.77. The molecule has 0 bridgehead atoms. The zero-order valence-corrected chi connectivity index (χ0v) is 15.5. The topological polar surface area (TPSA) is 38.8 Å². The number of nitrogens with zero attached hydrogens (tertiary/aromatic N) is 1. The highest BCUT2D eigenvalue weighted by Crippen LogP contribution is 2.23. The fourth-order valence-corrected chi connectivity index (χ4v) is 3.13. The third kappa shape index (κ3) is 4.73. The van der Waals surface area contributed by atoms with E-state index in [0.717, 1.165) is 49.7 Å². The van der Waals surface area contributed by atoms with Crippen LogP contribution < -0.4 is 4.74 Å². The second kappa shape index (κ2) is 8.99. The van der Waals surface area contributed by atoms with Crippen LogP contribution in [0.3, 0.4) is 0 Å². The molecular formula is C21H22ClNO3. The van der Waals surface area contributed by atoms with Crippen molar-refractivity contribution in [3.05, 3.63) is 70.3 Å². The molecule has 0 N–H and O–H groups in total. The van der Waals surface area contributed by atoms with Crippen molar-refractivity contribution in [2.45, 2.75) is 6.54 Å². The molecule has 0 aromatic heterocycles. The van der Waals surface area contributed by atoms with Crippen molar-refractivity contribution < 1.29 is 14.3 Å². The number of rotatable bonds is 6.